The van der Waals surface area contributed by atoms with Crippen molar-refractivity contribution in [3.05, 3.63) is 23.8 Å². The molecule has 0 spiro atoms. The molecular formula is C13H20N2O3. The van der Waals surface area contributed by atoms with Gasteiger partial charge in [-0.05, 0) is 37.1 Å². The third-order valence-corrected chi connectivity index (χ3v) is 2.41. The predicted octanol–water partition coefficient (Wildman–Crippen LogP) is 1.11. The second kappa shape index (κ2) is 7.55. The van der Waals surface area contributed by atoms with Gasteiger partial charge in [0, 0.05) is 25.9 Å². The van der Waals surface area contributed by atoms with Gasteiger partial charge in [0.15, 0.2) is 6.61 Å². The fourth-order valence-corrected chi connectivity index (χ4v) is 1.47. The van der Waals surface area contributed by atoms with Gasteiger partial charge in [-0.1, -0.05) is 0 Å². The van der Waals surface area contributed by atoms with E-state index in [1.807, 2.05) is 13.0 Å². The number of hydrogen-bond donors (Lipinski definition) is 2. The van der Waals surface area contributed by atoms with Gasteiger partial charge in [0.1, 0.15) is 5.75 Å². The lowest BCUT2D eigenvalue weighted by Crippen LogP contribution is -2.30. The number of rotatable bonds is 7. The number of aryl methyl sites for hydroxylation is 1. The lowest BCUT2D eigenvalue weighted by atomic mass is 10.2. The van der Waals surface area contributed by atoms with Gasteiger partial charge in [0.25, 0.3) is 5.91 Å². The van der Waals surface area contributed by atoms with Gasteiger partial charge in [0.2, 0.25) is 0 Å². The smallest absolute Gasteiger partial charge is 0.257 e. The molecule has 18 heavy (non-hydrogen) atoms. The third kappa shape index (κ3) is 5.05. The summed E-state index contributed by atoms with van der Waals surface area (Å²) in [5.41, 5.74) is 7.23. The number of amides is 1. The first-order valence-corrected chi connectivity index (χ1v) is 5.88. The molecule has 0 atom stereocenters. The Hall–Kier alpha value is -1.75. The highest BCUT2D eigenvalue weighted by molar-refractivity contribution is 5.77. The molecule has 0 bridgehead atoms. The first-order valence-electron chi connectivity index (χ1n) is 5.88. The molecule has 0 unspecified atom stereocenters. The van der Waals surface area contributed by atoms with Gasteiger partial charge < -0.3 is 20.5 Å². The van der Waals surface area contributed by atoms with Crippen LogP contribution in [0.15, 0.2) is 18.2 Å². The van der Waals surface area contributed by atoms with Crippen LogP contribution in [0.3, 0.4) is 0 Å². The minimum absolute atomic E-state index is 0.0116. The van der Waals surface area contributed by atoms with Crippen LogP contribution in [0.1, 0.15) is 12.0 Å². The quantitative estimate of drug-likeness (QED) is 0.563. The van der Waals surface area contributed by atoms with Crippen molar-refractivity contribution in [2.45, 2.75) is 13.3 Å². The Labute approximate surface area is 107 Å². The van der Waals surface area contributed by atoms with Crippen molar-refractivity contribution in [1.82, 2.24) is 5.32 Å². The van der Waals surface area contributed by atoms with Crippen LogP contribution in [0.4, 0.5) is 5.69 Å². The first kappa shape index (κ1) is 14.3. The SMILES string of the molecule is COCCCNC(=O)COc1ccc(N)cc1C. The number of nitrogens with one attached hydrogen (secondary N) is 1. The molecule has 0 saturated heterocycles. The lowest BCUT2D eigenvalue weighted by Gasteiger charge is -2.09. The van der Waals surface area contributed by atoms with Gasteiger partial charge in [0.05, 0.1) is 0 Å². The van der Waals surface area contributed by atoms with Crippen molar-refractivity contribution in [2.24, 2.45) is 0 Å². The zero-order chi connectivity index (χ0) is 13.4. The molecule has 0 heterocycles. The van der Waals surface area contributed by atoms with Crippen LogP contribution in [0.2, 0.25) is 0 Å². The van der Waals surface area contributed by atoms with E-state index in [0.717, 1.165) is 12.0 Å². The van der Waals surface area contributed by atoms with E-state index < -0.39 is 0 Å². The number of carbonyl (C=O) groups is 1. The maximum atomic E-state index is 11.5. The average Bonchev–Trinajstić information content (AvgIpc) is 2.33. The molecule has 1 aromatic rings. The number of hydrogen-bond acceptors (Lipinski definition) is 4. The van der Waals surface area contributed by atoms with Gasteiger partial charge in [-0.15, -0.1) is 0 Å². The number of ether oxygens (including phenoxy) is 2. The summed E-state index contributed by atoms with van der Waals surface area (Å²) in [6.07, 6.45) is 0.795. The molecule has 0 fully saturated rings. The van der Waals surface area contributed by atoms with Crippen LogP contribution in [0, 0.1) is 6.92 Å². The Morgan fingerprint density at radius 2 is 2.22 bits per heavy atom. The predicted molar refractivity (Wildman–Crippen MR) is 70.6 cm³/mol. The molecule has 0 saturated carbocycles. The lowest BCUT2D eigenvalue weighted by molar-refractivity contribution is -0.123. The van der Waals surface area contributed by atoms with Crippen LogP contribution in [-0.4, -0.2) is 32.8 Å². The normalized spacial score (nSPS) is 10.1. The number of carbonyl (C=O) groups excluding carboxylic acids is 1. The van der Waals surface area contributed by atoms with Crippen LogP contribution >= 0.6 is 0 Å². The Morgan fingerprint density at radius 3 is 2.89 bits per heavy atom. The highest BCUT2D eigenvalue weighted by atomic mass is 16.5. The second-order valence-electron chi connectivity index (χ2n) is 4.01. The summed E-state index contributed by atoms with van der Waals surface area (Å²) < 4.78 is 10.3. The van der Waals surface area contributed by atoms with Crippen molar-refractivity contribution in [3.8, 4) is 5.75 Å². The van der Waals surface area contributed by atoms with Gasteiger partial charge in [-0.25, -0.2) is 0 Å². The molecule has 100 valence electrons. The maximum Gasteiger partial charge on any atom is 0.257 e. The van der Waals surface area contributed by atoms with E-state index in [-0.39, 0.29) is 12.5 Å². The zero-order valence-corrected chi connectivity index (χ0v) is 10.9. The third-order valence-electron chi connectivity index (χ3n) is 2.41. The molecule has 1 rings (SSSR count). The second-order valence-corrected chi connectivity index (χ2v) is 4.01. The molecule has 1 aromatic carbocycles. The number of nitrogens with two attached hydrogens (primary N) is 1. The van der Waals surface area contributed by atoms with Gasteiger partial charge in [-0.3, -0.25) is 4.79 Å². The van der Waals surface area contributed by atoms with Crippen molar-refractivity contribution >= 4 is 11.6 Å². The van der Waals surface area contributed by atoms with E-state index in [9.17, 15) is 4.79 Å². The minimum atomic E-state index is -0.137. The molecule has 0 aliphatic carbocycles. The van der Waals surface area contributed by atoms with Crippen LogP contribution < -0.4 is 15.8 Å². The number of nitrogen functional groups attached to an aromatic ring is 1. The van der Waals surface area contributed by atoms with E-state index in [4.69, 9.17) is 15.2 Å². The fourth-order valence-electron chi connectivity index (χ4n) is 1.47. The van der Waals surface area contributed by atoms with E-state index in [1.165, 1.54) is 0 Å². The van der Waals surface area contributed by atoms with E-state index in [0.29, 0.717) is 24.6 Å². The van der Waals surface area contributed by atoms with Crippen molar-refractivity contribution < 1.29 is 14.3 Å². The summed E-state index contributed by atoms with van der Waals surface area (Å²) in [6.45, 7) is 3.13. The Kier molecular flexibility index (Phi) is 6.00. The van der Waals surface area contributed by atoms with E-state index in [1.54, 1.807) is 19.2 Å². The molecule has 0 radical (unpaired) electrons. The van der Waals surface area contributed by atoms with E-state index in [2.05, 4.69) is 5.32 Å². The minimum Gasteiger partial charge on any atom is -0.484 e. The standard InChI is InChI=1S/C13H20N2O3/c1-10-8-11(14)4-5-12(10)18-9-13(16)15-6-3-7-17-2/h4-5,8H,3,6-7,9,14H2,1-2H3,(H,15,16). The summed E-state index contributed by atoms with van der Waals surface area (Å²) >= 11 is 0. The topological polar surface area (TPSA) is 73.6 Å². The monoisotopic (exact) mass is 252 g/mol. The van der Waals surface area contributed by atoms with Gasteiger partial charge in [-0.2, -0.15) is 0 Å². The zero-order valence-electron chi connectivity index (χ0n) is 10.9. The number of benzene rings is 1. The van der Waals surface area contributed by atoms with Crippen molar-refractivity contribution in [3.63, 3.8) is 0 Å². The molecule has 5 nitrogen and oxygen atoms in total. The van der Waals surface area contributed by atoms with Crippen molar-refractivity contribution in [1.29, 1.82) is 0 Å². The largest absolute Gasteiger partial charge is 0.484 e. The van der Waals surface area contributed by atoms with Crippen LogP contribution in [0.5, 0.6) is 5.75 Å². The van der Waals surface area contributed by atoms with Crippen LogP contribution in [0.25, 0.3) is 0 Å². The number of methoxy groups -OCH3 is 1. The van der Waals surface area contributed by atoms with Gasteiger partial charge >= 0.3 is 0 Å². The number of anilines is 1. The summed E-state index contributed by atoms with van der Waals surface area (Å²) in [5, 5.41) is 2.75. The molecule has 3 N–H and O–H groups in total. The fraction of sp³-hybridized carbons (Fsp3) is 0.462. The molecule has 1 amide bonds. The Morgan fingerprint density at radius 1 is 1.44 bits per heavy atom. The summed E-state index contributed by atoms with van der Waals surface area (Å²) in [5.74, 6) is 0.540. The highest BCUT2D eigenvalue weighted by Crippen LogP contribution is 2.19. The Balaban J connectivity index is 2.29. The average molecular weight is 252 g/mol. The first-order chi connectivity index (χ1) is 8.63. The summed E-state index contributed by atoms with van der Waals surface area (Å²) in [4.78, 5) is 11.5. The molecule has 0 aliphatic rings. The van der Waals surface area contributed by atoms with Crippen LogP contribution in [-0.2, 0) is 9.53 Å². The molecule has 0 aliphatic heterocycles. The summed E-state index contributed by atoms with van der Waals surface area (Å²) in [7, 11) is 1.63. The van der Waals surface area contributed by atoms with E-state index >= 15 is 0 Å². The van der Waals surface area contributed by atoms with Crippen molar-refractivity contribution in [2.75, 3.05) is 32.6 Å². The molecule has 5 heteroatoms. The molecule has 0 aromatic heterocycles. The molecular weight excluding hydrogens is 232 g/mol. The highest BCUT2D eigenvalue weighted by Gasteiger charge is 2.04. The maximum absolute atomic E-state index is 11.5. The summed E-state index contributed by atoms with van der Waals surface area (Å²) in [6, 6.07) is 5.33. The Bertz CT molecular complexity index is 394.